The van der Waals surface area contributed by atoms with Crippen molar-refractivity contribution in [3.8, 4) is 5.75 Å². The van der Waals surface area contributed by atoms with Crippen LogP contribution in [0, 0.1) is 0 Å². The molecule has 0 saturated carbocycles. The molecule has 2 aromatic rings. The van der Waals surface area contributed by atoms with Crippen LogP contribution < -0.4 is 15.0 Å². The Labute approximate surface area is 156 Å². The minimum absolute atomic E-state index is 0.160. The zero-order chi connectivity index (χ0) is 19.4. The van der Waals surface area contributed by atoms with Crippen molar-refractivity contribution in [2.24, 2.45) is 0 Å². The highest BCUT2D eigenvalue weighted by atomic mass is 16.5. The van der Waals surface area contributed by atoms with Gasteiger partial charge in [-0.1, -0.05) is 12.1 Å². The number of carbonyl (C=O) groups is 3. The predicted octanol–water partition coefficient (Wildman–Crippen LogP) is 2.62. The number of benzene rings is 2. The number of fused-ring (bicyclic) bond motifs is 1. The summed E-state index contributed by atoms with van der Waals surface area (Å²) in [6, 6.07) is 13.1. The maximum atomic E-state index is 12.8. The lowest BCUT2D eigenvalue weighted by molar-refractivity contribution is -0.122. The number of anilines is 2. The maximum absolute atomic E-state index is 12.8. The van der Waals surface area contributed by atoms with Crippen molar-refractivity contribution in [2.75, 3.05) is 23.9 Å². The molecule has 1 aliphatic heterocycles. The van der Waals surface area contributed by atoms with Crippen LogP contribution in [0.2, 0.25) is 0 Å². The van der Waals surface area contributed by atoms with Crippen molar-refractivity contribution in [1.29, 1.82) is 0 Å². The summed E-state index contributed by atoms with van der Waals surface area (Å²) in [5, 5.41) is 2.79. The molecule has 0 radical (unpaired) electrons. The van der Waals surface area contributed by atoms with Gasteiger partial charge in [0.25, 0.3) is 5.91 Å². The Morgan fingerprint density at radius 1 is 1.15 bits per heavy atom. The van der Waals surface area contributed by atoms with Gasteiger partial charge in [0.2, 0.25) is 5.91 Å². The van der Waals surface area contributed by atoms with Crippen LogP contribution in [0.3, 0.4) is 0 Å². The molecule has 0 bridgehead atoms. The zero-order valence-corrected chi connectivity index (χ0v) is 15.1. The van der Waals surface area contributed by atoms with Crippen LogP contribution in [-0.2, 0) is 14.3 Å². The van der Waals surface area contributed by atoms with E-state index in [1.807, 2.05) is 0 Å². The van der Waals surface area contributed by atoms with Gasteiger partial charge in [-0.25, -0.2) is 4.79 Å². The number of nitrogens with zero attached hydrogens (tertiary/aromatic N) is 1. The Balaban J connectivity index is 1.72. The highest BCUT2D eigenvalue weighted by molar-refractivity contribution is 6.05. The van der Waals surface area contributed by atoms with E-state index in [1.165, 1.54) is 12.0 Å². The first kappa shape index (κ1) is 18.4. The number of nitrogens with one attached hydrogen (secondary N) is 1. The highest BCUT2D eigenvalue weighted by Crippen LogP contribution is 2.31. The molecule has 140 valence electrons. The van der Waals surface area contributed by atoms with E-state index in [1.54, 1.807) is 55.5 Å². The van der Waals surface area contributed by atoms with Gasteiger partial charge in [0.15, 0.2) is 6.61 Å². The van der Waals surface area contributed by atoms with E-state index < -0.39 is 18.5 Å². The fourth-order valence-electron chi connectivity index (χ4n) is 2.98. The second-order valence-electron chi connectivity index (χ2n) is 6.19. The fraction of sp³-hybridized carbons (Fsp3) is 0.250. The molecule has 2 amide bonds. The second-order valence-corrected chi connectivity index (χ2v) is 6.19. The van der Waals surface area contributed by atoms with Crippen LogP contribution in [0.25, 0.3) is 0 Å². The molecule has 1 N–H and O–H groups in total. The lowest BCUT2D eigenvalue weighted by Crippen LogP contribution is -2.41. The molecule has 1 heterocycles. The summed E-state index contributed by atoms with van der Waals surface area (Å²) in [5.41, 5.74) is 1.47. The normalized spacial score (nSPS) is 16.0. The molecule has 2 aromatic carbocycles. The molecule has 0 spiro atoms. The highest BCUT2D eigenvalue weighted by Gasteiger charge is 2.30. The molecule has 27 heavy (non-hydrogen) atoms. The standard InChI is InChI=1S/C20H20N2O5/c1-13-11-18(23)21-16-5-3-4-6-17(16)22(13)19(24)12-27-20(25)14-7-9-15(26-2)10-8-14/h3-10,13H,11-12H2,1-2H3,(H,21,23)/t13-/m0/s1. The van der Waals surface area contributed by atoms with E-state index in [-0.39, 0.29) is 18.4 Å². The summed E-state index contributed by atoms with van der Waals surface area (Å²) in [7, 11) is 1.53. The van der Waals surface area contributed by atoms with Gasteiger partial charge >= 0.3 is 5.97 Å². The van der Waals surface area contributed by atoms with E-state index in [9.17, 15) is 14.4 Å². The van der Waals surface area contributed by atoms with Crippen LogP contribution >= 0.6 is 0 Å². The van der Waals surface area contributed by atoms with E-state index in [0.717, 1.165) is 0 Å². The van der Waals surface area contributed by atoms with Crippen molar-refractivity contribution in [1.82, 2.24) is 0 Å². The third kappa shape index (κ3) is 4.08. The van der Waals surface area contributed by atoms with E-state index >= 15 is 0 Å². The zero-order valence-electron chi connectivity index (χ0n) is 15.1. The first-order valence-electron chi connectivity index (χ1n) is 8.51. The van der Waals surface area contributed by atoms with E-state index in [4.69, 9.17) is 9.47 Å². The van der Waals surface area contributed by atoms with Crippen LogP contribution in [0.5, 0.6) is 5.75 Å². The average Bonchev–Trinajstić information content (AvgIpc) is 2.80. The molecular weight excluding hydrogens is 348 g/mol. The van der Waals surface area contributed by atoms with Gasteiger partial charge in [-0.3, -0.25) is 9.59 Å². The minimum Gasteiger partial charge on any atom is -0.497 e. The monoisotopic (exact) mass is 368 g/mol. The molecule has 0 saturated heterocycles. The Bertz CT molecular complexity index is 863. The Kier molecular flexibility index (Phi) is 5.40. The Hall–Kier alpha value is -3.35. The van der Waals surface area contributed by atoms with Gasteiger partial charge in [0.05, 0.1) is 24.0 Å². The predicted molar refractivity (Wildman–Crippen MR) is 99.9 cm³/mol. The molecule has 0 fully saturated rings. The summed E-state index contributed by atoms with van der Waals surface area (Å²) >= 11 is 0. The largest absolute Gasteiger partial charge is 0.497 e. The maximum Gasteiger partial charge on any atom is 0.338 e. The first-order chi connectivity index (χ1) is 13.0. The van der Waals surface area contributed by atoms with Gasteiger partial charge < -0.3 is 19.7 Å². The minimum atomic E-state index is -0.601. The van der Waals surface area contributed by atoms with E-state index in [0.29, 0.717) is 22.7 Å². The van der Waals surface area contributed by atoms with Gasteiger partial charge in [-0.15, -0.1) is 0 Å². The Morgan fingerprint density at radius 2 is 1.85 bits per heavy atom. The van der Waals surface area contributed by atoms with Gasteiger partial charge in [-0.05, 0) is 43.3 Å². The number of ether oxygens (including phenoxy) is 2. The molecule has 3 rings (SSSR count). The first-order valence-corrected chi connectivity index (χ1v) is 8.51. The number of methoxy groups -OCH3 is 1. The van der Waals surface area contributed by atoms with Crippen molar-refractivity contribution in [3.05, 3.63) is 54.1 Å². The SMILES string of the molecule is COc1ccc(C(=O)OCC(=O)N2c3ccccc3NC(=O)C[C@@H]2C)cc1. The van der Waals surface area contributed by atoms with Crippen molar-refractivity contribution in [3.63, 3.8) is 0 Å². The molecular formula is C20H20N2O5. The number of rotatable bonds is 4. The summed E-state index contributed by atoms with van der Waals surface area (Å²) in [6.45, 7) is 1.36. The van der Waals surface area contributed by atoms with Crippen molar-refractivity contribution in [2.45, 2.75) is 19.4 Å². The lowest BCUT2D eigenvalue weighted by Gasteiger charge is -2.27. The molecule has 0 aromatic heterocycles. The van der Waals surface area contributed by atoms with Crippen LogP contribution in [0.15, 0.2) is 48.5 Å². The average molecular weight is 368 g/mol. The molecule has 0 aliphatic carbocycles. The molecule has 1 aliphatic rings. The summed E-state index contributed by atoms with van der Waals surface area (Å²) < 4.78 is 10.2. The number of amides is 2. The third-order valence-corrected chi connectivity index (χ3v) is 4.28. The smallest absolute Gasteiger partial charge is 0.338 e. The topological polar surface area (TPSA) is 84.9 Å². The fourth-order valence-corrected chi connectivity index (χ4v) is 2.98. The number of carbonyl (C=O) groups excluding carboxylic acids is 3. The number of hydrogen-bond acceptors (Lipinski definition) is 5. The Morgan fingerprint density at radius 3 is 2.56 bits per heavy atom. The van der Waals surface area contributed by atoms with Gasteiger partial charge in [-0.2, -0.15) is 0 Å². The molecule has 1 atom stereocenters. The van der Waals surface area contributed by atoms with Gasteiger partial charge in [0.1, 0.15) is 5.75 Å². The van der Waals surface area contributed by atoms with Crippen molar-refractivity contribution < 1.29 is 23.9 Å². The summed E-state index contributed by atoms with van der Waals surface area (Å²) in [6.07, 6.45) is 0.160. The summed E-state index contributed by atoms with van der Waals surface area (Å²) in [5.74, 6) is -0.542. The second kappa shape index (κ2) is 7.90. The molecule has 7 heteroatoms. The quantitative estimate of drug-likeness (QED) is 0.839. The third-order valence-electron chi connectivity index (χ3n) is 4.28. The molecule has 7 nitrogen and oxygen atoms in total. The van der Waals surface area contributed by atoms with Crippen LogP contribution in [0.4, 0.5) is 11.4 Å². The van der Waals surface area contributed by atoms with E-state index in [2.05, 4.69) is 5.32 Å². The molecule has 0 unspecified atom stereocenters. The van der Waals surface area contributed by atoms with Crippen LogP contribution in [0.1, 0.15) is 23.7 Å². The van der Waals surface area contributed by atoms with Gasteiger partial charge in [0, 0.05) is 12.5 Å². The lowest BCUT2D eigenvalue weighted by atomic mass is 10.1. The van der Waals surface area contributed by atoms with Crippen LogP contribution in [-0.4, -0.2) is 37.5 Å². The summed E-state index contributed by atoms with van der Waals surface area (Å²) in [4.78, 5) is 38.4. The van der Waals surface area contributed by atoms with Crippen molar-refractivity contribution >= 4 is 29.2 Å². The number of esters is 1. The number of hydrogen-bond donors (Lipinski definition) is 1. The number of para-hydroxylation sites is 2.